The number of guanidine groups is 1. The summed E-state index contributed by atoms with van der Waals surface area (Å²) in [6.45, 7) is 1.00. The number of aliphatic imine (C=N–C) groups is 1. The standard InChI is InChI=1S/C17H21FN4O2S/c1-19-17(21-11-13-3-7-15(18)8-4-13)22-12-14-5-9-16(10-6-14)25(23,24)20-2/h3-10,20H,11-12H2,1-2H3,(H2,19,21,22). The van der Waals surface area contributed by atoms with Crippen molar-refractivity contribution in [3.05, 3.63) is 65.5 Å². The smallest absolute Gasteiger partial charge is 0.240 e. The van der Waals surface area contributed by atoms with Crippen molar-refractivity contribution < 1.29 is 12.8 Å². The van der Waals surface area contributed by atoms with Crippen LogP contribution in [-0.4, -0.2) is 28.5 Å². The molecule has 6 nitrogen and oxygen atoms in total. The molecule has 2 aromatic carbocycles. The lowest BCUT2D eigenvalue weighted by Crippen LogP contribution is -2.36. The highest BCUT2D eigenvalue weighted by Gasteiger charge is 2.10. The number of nitrogens with one attached hydrogen (secondary N) is 3. The van der Waals surface area contributed by atoms with E-state index in [1.807, 2.05) is 0 Å². The summed E-state index contributed by atoms with van der Waals surface area (Å²) in [6.07, 6.45) is 0. The molecule has 134 valence electrons. The van der Waals surface area contributed by atoms with Gasteiger partial charge in [-0.1, -0.05) is 24.3 Å². The second kappa shape index (κ2) is 8.59. The Bertz CT molecular complexity index is 819. The summed E-state index contributed by atoms with van der Waals surface area (Å²) < 4.78 is 38.5. The first kappa shape index (κ1) is 18.9. The Hall–Kier alpha value is -2.45. The number of hydrogen-bond acceptors (Lipinski definition) is 3. The van der Waals surface area contributed by atoms with Gasteiger partial charge in [0.25, 0.3) is 0 Å². The molecular weight excluding hydrogens is 343 g/mol. The number of rotatable bonds is 6. The van der Waals surface area contributed by atoms with Gasteiger partial charge < -0.3 is 10.6 Å². The van der Waals surface area contributed by atoms with Crippen LogP contribution in [0.25, 0.3) is 0 Å². The van der Waals surface area contributed by atoms with Crippen LogP contribution >= 0.6 is 0 Å². The lowest BCUT2D eigenvalue weighted by Gasteiger charge is -2.12. The molecule has 0 amide bonds. The summed E-state index contributed by atoms with van der Waals surface area (Å²) >= 11 is 0. The highest BCUT2D eigenvalue weighted by molar-refractivity contribution is 7.89. The minimum atomic E-state index is -3.43. The van der Waals surface area contributed by atoms with Crippen LogP contribution < -0.4 is 15.4 Å². The van der Waals surface area contributed by atoms with Gasteiger partial charge in [0.2, 0.25) is 10.0 Å². The zero-order valence-corrected chi connectivity index (χ0v) is 14.9. The van der Waals surface area contributed by atoms with Gasteiger partial charge in [-0.15, -0.1) is 0 Å². The molecule has 0 unspecified atom stereocenters. The molecule has 2 aromatic rings. The third kappa shape index (κ3) is 5.54. The van der Waals surface area contributed by atoms with E-state index in [4.69, 9.17) is 0 Å². The van der Waals surface area contributed by atoms with E-state index in [0.29, 0.717) is 19.0 Å². The second-order valence-electron chi connectivity index (χ2n) is 5.26. The van der Waals surface area contributed by atoms with E-state index < -0.39 is 10.0 Å². The Balaban J connectivity index is 1.89. The molecule has 0 spiro atoms. The van der Waals surface area contributed by atoms with Crippen molar-refractivity contribution in [2.24, 2.45) is 4.99 Å². The predicted molar refractivity (Wildman–Crippen MR) is 96.1 cm³/mol. The number of sulfonamides is 1. The number of benzene rings is 2. The lowest BCUT2D eigenvalue weighted by atomic mass is 10.2. The predicted octanol–water partition coefficient (Wildman–Crippen LogP) is 1.60. The quantitative estimate of drug-likeness (QED) is 0.537. The monoisotopic (exact) mass is 364 g/mol. The molecule has 0 aromatic heterocycles. The van der Waals surface area contributed by atoms with Crippen molar-refractivity contribution >= 4 is 16.0 Å². The van der Waals surface area contributed by atoms with E-state index in [1.165, 1.54) is 19.2 Å². The normalized spacial score (nSPS) is 12.0. The van der Waals surface area contributed by atoms with E-state index in [9.17, 15) is 12.8 Å². The van der Waals surface area contributed by atoms with E-state index in [-0.39, 0.29) is 10.7 Å². The van der Waals surface area contributed by atoms with Crippen LogP contribution in [0.3, 0.4) is 0 Å². The Morgan fingerprint density at radius 2 is 1.44 bits per heavy atom. The van der Waals surface area contributed by atoms with Gasteiger partial charge in [0, 0.05) is 20.1 Å². The molecule has 0 atom stereocenters. The first-order valence-electron chi connectivity index (χ1n) is 7.66. The Morgan fingerprint density at radius 1 is 0.960 bits per heavy atom. The topological polar surface area (TPSA) is 82.6 Å². The number of halogens is 1. The van der Waals surface area contributed by atoms with Gasteiger partial charge in [-0.3, -0.25) is 4.99 Å². The molecule has 0 saturated heterocycles. The van der Waals surface area contributed by atoms with Crippen LogP contribution in [0.1, 0.15) is 11.1 Å². The van der Waals surface area contributed by atoms with Crippen LogP contribution in [0, 0.1) is 5.82 Å². The molecule has 0 heterocycles. The van der Waals surface area contributed by atoms with E-state index >= 15 is 0 Å². The van der Waals surface area contributed by atoms with Crippen molar-refractivity contribution in [1.29, 1.82) is 0 Å². The van der Waals surface area contributed by atoms with Crippen molar-refractivity contribution in [2.45, 2.75) is 18.0 Å². The molecule has 0 bridgehead atoms. The maximum absolute atomic E-state index is 12.9. The number of nitrogens with zero attached hydrogens (tertiary/aromatic N) is 1. The van der Waals surface area contributed by atoms with Gasteiger partial charge >= 0.3 is 0 Å². The summed E-state index contributed by atoms with van der Waals surface area (Å²) in [5.41, 5.74) is 1.85. The number of hydrogen-bond donors (Lipinski definition) is 3. The zero-order chi connectivity index (χ0) is 18.3. The molecule has 0 radical (unpaired) electrons. The Kier molecular flexibility index (Phi) is 6.49. The fourth-order valence-corrected chi connectivity index (χ4v) is 2.83. The van der Waals surface area contributed by atoms with E-state index in [2.05, 4.69) is 20.3 Å². The van der Waals surface area contributed by atoms with Crippen LogP contribution in [0.5, 0.6) is 0 Å². The minimum Gasteiger partial charge on any atom is -0.352 e. The average Bonchev–Trinajstić information content (AvgIpc) is 2.63. The van der Waals surface area contributed by atoms with Gasteiger partial charge in [0.15, 0.2) is 5.96 Å². The van der Waals surface area contributed by atoms with E-state index in [0.717, 1.165) is 11.1 Å². The molecule has 8 heteroatoms. The van der Waals surface area contributed by atoms with Crippen molar-refractivity contribution in [3.63, 3.8) is 0 Å². The van der Waals surface area contributed by atoms with Gasteiger partial charge in [-0.2, -0.15) is 0 Å². The molecule has 0 aliphatic heterocycles. The summed E-state index contributed by atoms with van der Waals surface area (Å²) in [4.78, 5) is 4.34. The van der Waals surface area contributed by atoms with Crippen molar-refractivity contribution in [2.75, 3.05) is 14.1 Å². The summed E-state index contributed by atoms with van der Waals surface area (Å²) in [5.74, 6) is 0.325. The molecule has 3 N–H and O–H groups in total. The van der Waals surface area contributed by atoms with Crippen LogP contribution in [-0.2, 0) is 23.1 Å². The molecule has 0 aliphatic rings. The first-order valence-corrected chi connectivity index (χ1v) is 9.14. The SMILES string of the molecule is CN=C(NCc1ccc(F)cc1)NCc1ccc(S(=O)(=O)NC)cc1. The van der Waals surface area contributed by atoms with Crippen molar-refractivity contribution in [1.82, 2.24) is 15.4 Å². The highest BCUT2D eigenvalue weighted by atomic mass is 32.2. The van der Waals surface area contributed by atoms with Crippen LogP contribution in [0.2, 0.25) is 0 Å². The third-order valence-corrected chi connectivity index (χ3v) is 4.99. The van der Waals surface area contributed by atoms with Gasteiger partial charge in [0.05, 0.1) is 4.90 Å². The largest absolute Gasteiger partial charge is 0.352 e. The lowest BCUT2D eigenvalue weighted by molar-refractivity contribution is 0.588. The third-order valence-electron chi connectivity index (χ3n) is 3.56. The van der Waals surface area contributed by atoms with Gasteiger partial charge in [0.1, 0.15) is 5.82 Å². The van der Waals surface area contributed by atoms with Crippen LogP contribution in [0.15, 0.2) is 58.4 Å². The fourth-order valence-electron chi connectivity index (χ4n) is 2.10. The van der Waals surface area contributed by atoms with Crippen LogP contribution in [0.4, 0.5) is 4.39 Å². The molecule has 0 fully saturated rings. The Labute approximate surface area is 147 Å². The fraction of sp³-hybridized carbons (Fsp3) is 0.235. The summed E-state index contributed by atoms with van der Waals surface area (Å²) in [7, 11) is -0.394. The molecular formula is C17H21FN4O2S. The minimum absolute atomic E-state index is 0.220. The van der Waals surface area contributed by atoms with Gasteiger partial charge in [-0.25, -0.2) is 17.5 Å². The van der Waals surface area contributed by atoms with Crippen molar-refractivity contribution in [3.8, 4) is 0 Å². The molecule has 25 heavy (non-hydrogen) atoms. The summed E-state index contributed by atoms with van der Waals surface area (Å²) in [6, 6.07) is 12.8. The zero-order valence-electron chi connectivity index (χ0n) is 14.1. The summed E-state index contributed by atoms with van der Waals surface area (Å²) in [5, 5.41) is 6.27. The highest BCUT2D eigenvalue weighted by Crippen LogP contribution is 2.10. The molecule has 0 saturated carbocycles. The van der Waals surface area contributed by atoms with Gasteiger partial charge in [-0.05, 0) is 42.4 Å². The maximum Gasteiger partial charge on any atom is 0.240 e. The maximum atomic E-state index is 12.9. The second-order valence-corrected chi connectivity index (χ2v) is 7.14. The average molecular weight is 364 g/mol. The molecule has 2 rings (SSSR count). The Morgan fingerprint density at radius 3 is 1.88 bits per heavy atom. The first-order chi connectivity index (χ1) is 11.9. The van der Waals surface area contributed by atoms with E-state index in [1.54, 1.807) is 43.4 Å². The molecule has 0 aliphatic carbocycles.